The summed E-state index contributed by atoms with van der Waals surface area (Å²) in [6.45, 7) is 1.84. The maximum Gasteiger partial charge on any atom is 0.254 e. The summed E-state index contributed by atoms with van der Waals surface area (Å²) in [6.07, 6.45) is 2.08. The van der Waals surface area contributed by atoms with Crippen molar-refractivity contribution in [1.82, 2.24) is 0 Å². The average molecular weight is 418 g/mol. The molecule has 6 nitrogen and oxygen atoms in total. The van der Waals surface area contributed by atoms with E-state index in [0.29, 0.717) is 34.9 Å². The molecule has 0 bridgehead atoms. The minimum absolute atomic E-state index is 0.132. The maximum absolute atomic E-state index is 13.5. The highest BCUT2D eigenvalue weighted by molar-refractivity contribution is 6.14. The summed E-state index contributed by atoms with van der Waals surface area (Å²) in [5, 5.41) is 2.97. The van der Waals surface area contributed by atoms with Crippen molar-refractivity contribution in [2.45, 2.75) is 32.1 Å². The van der Waals surface area contributed by atoms with Gasteiger partial charge in [0.15, 0.2) is 0 Å². The quantitative estimate of drug-likeness (QED) is 0.774. The van der Waals surface area contributed by atoms with E-state index in [0.717, 1.165) is 24.1 Å². The molecule has 2 atom stereocenters. The number of carbonyl (C=O) groups excluding carboxylic acids is 2. The van der Waals surface area contributed by atoms with Crippen molar-refractivity contribution >= 4 is 23.1 Å². The Balaban J connectivity index is 1.80. The fraction of sp³-hybridized carbons (Fsp3) is 0.320. The number of fused-ring (bicyclic) bond motifs is 1. The summed E-state index contributed by atoms with van der Waals surface area (Å²) in [5.41, 5.74) is 3.46. The number of allylic oxidation sites excluding steroid dienone is 1. The fourth-order valence-electron chi connectivity index (χ4n) is 4.55. The first-order valence-electron chi connectivity index (χ1n) is 10.4. The lowest BCUT2D eigenvalue weighted by molar-refractivity contribution is -0.122. The van der Waals surface area contributed by atoms with Gasteiger partial charge in [-0.2, -0.15) is 0 Å². The molecule has 2 aromatic carbocycles. The largest absolute Gasteiger partial charge is 0.497 e. The predicted octanol–water partition coefficient (Wildman–Crippen LogP) is 4.52. The van der Waals surface area contributed by atoms with Crippen LogP contribution < -0.4 is 14.8 Å². The molecule has 1 fully saturated rings. The summed E-state index contributed by atoms with van der Waals surface area (Å²) in [4.78, 5) is 31.3. The molecule has 1 aliphatic carbocycles. The van der Waals surface area contributed by atoms with E-state index in [4.69, 9.17) is 14.5 Å². The number of hydrogen-bond acceptors (Lipinski definition) is 5. The van der Waals surface area contributed by atoms with Crippen LogP contribution in [0.4, 0.5) is 5.69 Å². The van der Waals surface area contributed by atoms with Gasteiger partial charge < -0.3 is 14.8 Å². The second-order valence-corrected chi connectivity index (χ2v) is 7.81. The zero-order valence-electron chi connectivity index (χ0n) is 18.0. The zero-order valence-corrected chi connectivity index (χ0v) is 18.0. The van der Waals surface area contributed by atoms with Crippen LogP contribution in [0, 0.1) is 5.92 Å². The van der Waals surface area contributed by atoms with Crippen LogP contribution in [0.2, 0.25) is 0 Å². The number of nitrogens with zero attached hydrogens (tertiary/aromatic N) is 1. The number of aliphatic imine (C=N–C) groups is 1. The number of carbonyl (C=O) groups is 2. The molecule has 0 radical (unpaired) electrons. The topological polar surface area (TPSA) is 77.0 Å². The zero-order chi connectivity index (χ0) is 22.0. The van der Waals surface area contributed by atoms with Crippen LogP contribution in [0.1, 0.15) is 37.7 Å². The first-order chi connectivity index (χ1) is 15.0. The van der Waals surface area contributed by atoms with Crippen molar-refractivity contribution < 1.29 is 19.1 Å². The van der Waals surface area contributed by atoms with Gasteiger partial charge in [-0.1, -0.05) is 24.3 Å². The van der Waals surface area contributed by atoms with Gasteiger partial charge in [-0.3, -0.25) is 14.6 Å². The van der Waals surface area contributed by atoms with Crippen LogP contribution in [0.5, 0.6) is 11.5 Å². The molecule has 160 valence electrons. The second-order valence-electron chi connectivity index (χ2n) is 7.81. The Morgan fingerprint density at radius 2 is 1.84 bits per heavy atom. The van der Waals surface area contributed by atoms with Crippen molar-refractivity contribution in [2.75, 3.05) is 19.5 Å². The summed E-state index contributed by atoms with van der Waals surface area (Å²) in [6, 6.07) is 14.8. The monoisotopic (exact) mass is 418 g/mol. The highest BCUT2D eigenvalue weighted by Gasteiger charge is 2.43. The Bertz CT molecular complexity index is 1090. The van der Waals surface area contributed by atoms with Crippen molar-refractivity contribution in [1.29, 1.82) is 0 Å². The van der Waals surface area contributed by atoms with E-state index >= 15 is 0 Å². The summed E-state index contributed by atoms with van der Waals surface area (Å²) < 4.78 is 10.8. The molecule has 1 saturated carbocycles. The molecule has 0 saturated heterocycles. The third-order valence-electron chi connectivity index (χ3n) is 5.96. The van der Waals surface area contributed by atoms with Gasteiger partial charge in [0.1, 0.15) is 17.3 Å². The Labute approximate surface area is 182 Å². The van der Waals surface area contributed by atoms with Crippen molar-refractivity contribution in [3.8, 4) is 11.5 Å². The Morgan fingerprint density at radius 3 is 2.61 bits per heavy atom. The molecule has 4 rings (SSSR count). The number of ketones is 1. The minimum Gasteiger partial charge on any atom is -0.497 e. The van der Waals surface area contributed by atoms with E-state index in [-0.39, 0.29) is 11.7 Å². The van der Waals surface area contributed by atoms with Gasteiger partial charge in [-0.05, 0) is 49.6 Å². The molecule has 1 aliphatic heterocycles. The predicted molar refractivity (Wildman–Crippen MR) is 120 cm³/mol. The Kier molecular flexibility index (Phi) is 5.89. The maximum atomic E-state index is 13.5. The Morgan fingerprint density at radius 1 is 1.03 bits per heavy atom. The van der Waals surface area contributed by atoms with Crippen LogP contribution in [-0.2, 0) is 9.59 Å². The van der Waals surface area contributed by atoms with Gasteiger partial charge in [-0.25, -0.2) is 0 Å². The Hall–Kier alpha value is -3.41. The molecule has 2 aliphatic rings. The number of ether oxygens (including phenoxy) is 2. The highest BCUT2D eigenvalue weighted by Crippen LogP contribution is 2.43. The van der Waals surface area contributed by atoms with Crippen LogP contribution in [0.25, 0.3) is 0 Å². The number of anilines is 1. The third kappa shape index (κ3) is 3.98. The minimum atomic E-state index is -0.428. The molecule has 1 amide bonds. The van der Waals surface area contributed by atoms with E-state index in [1.165, 1.54) is 0 Å². The molecule has 31 heavy (non-hydrogen) atoms. The fourth-order valence-corrected chi connectivity index (χ4v) is 4.55. The normalized spacial score (nSPS) is 20.6. The molecule has 6 heteroatoms. The smallest absolute Gasteiger partial charge is 0.254 e. The first kappa shape index (κ1) is 20.8. The molecule has 2 aromatic rings. The lowest BCUT2D eigenvalue weighted by Gasteiger charge is -2.36. The average Bonchev–Trinajstić information content (AvgIpc) is 2.78. The van der Waals surface area contributed by atoms with E-state index < -0.39 is 11.8 Å². The number of amides is 1. The van der Waals surface area contributed by atoms with Gasteiger partial charge >= 0.3 is 0 Å². The van der Waals surface area contributed by atoms with Gasteiger partial charge in [0, 0.05) is 29.3 Å². The van der Waals surface area contributed by atoms with E-state index in [1.807, 2.05) is 43.3 Å². The number of benzene rings is 2. The van der Waals surface area contributed by atoms with Gasteiger partial charge in [0.05, 0.1) is 25.8 Å². The summed E-state index contributed by atoms with van der Waals surface area (Å²) in [7, 11) is 3.17. The molecule has 0 aromatic heterocycles. The number of methoxy groups -OCH3 is 2. The standard InChI is InChI=1S/C25H26N2O4/c1-15-22(25(29)27-18-10-4-5-13-21(18)31-3)23(16-8-6-9-17(14-16)30-2)24-19(26-15)11-7-12-20(24)28/h4-6,8-10,13-14,23-24H,7,11-12H2,1-3H3,(H,27,29)/t23-,24+/m1/s1. The number of rotatable bonds is 5. The van der Waals surface area contributed by atoms with E-state index in [2.05, 4.69) is 5.32 Å². The second kappa shape index (κ2) is 8.76. The molecular weight excluding hydrogens is 392 g/mol. The summed E-state index contributed by atoms with van der Waals surface area (Å²) in [5.74, 6) is 0.268. The molecule has 0 unspecified atom stereocenters. The van der Waals surface area contributed by atoms with Crippen molar-refractivity contribution in [3.63, 3.8) is 0 Å². The SMILES string of the molecule is COc1cccc([C@@H]2C(C(=O)Nc3ccccc3OC)=C(C)N=C3CCCC(=O)[C@H]32)c1. The molecule has 0 spiro atoms. The highest BCUT2D eigenvalue weighted by atomic mass is 16.5. The van der Waals surface area contributed by atoms with Crippen molar-refractivity contribution in [2.24, 2.45) is 10.9 Å². The van der Waals surface area contributed by atoms with Gasteiger partial charge in [0.25, 0.3) is 5.91 Å². The third-order valence-corrected chi connectivity index (χ3v) is 5.96. The number of Topliss-reactive ketones (excluding diaryl/α,β-unsaturated/α-hetero) is 1. The lowest BCUT2D eigenvalue weighted by Crippen LogP contribution is -2.39. The molecule has 1 N–H and O–H groups in total. The van der Waals surface area contributed by atoms with E-state index in [1.54, 1.807) is 26.4 Å². The number of nitrogens with one attached hydrogen (secondary N) is 1. The number of hydrogen-bond donors (Lipinski definition) is 1. The summed E-state index contributed by atoms with van der Waals surface area (Å²) >= 11 is 0. The van der Waals surface area contributed by atoms with Crippen molar-refractivity contribution in [3.05, 3.63) is 65.4 Å². The van der Waals surface area contributed by atoms with Crippen LogP contribution in [-0.4, -0.2) is 31.6 Å². The van der Waals surface area contributed by atoms with Crippen LogP contribution in [0.15, 0.2) is 64.8 Å². The molecule has 1 heterocycles. The van der Waals surface area contributed by atoms with Gasteiger partial charge in [0.2, 0.25) is 0 Å². The van der Waals surface area contributed by atoms with Gasteiger partial charge in [-0.15, -0.1) is 0 Å². The van der Waals surface area contributed by atoms with E-state index in [9.17, 15) is 9.59 Å². The first-order valence-corrected chi connectivity index (χ1v) is 10.4. The lowest BCUT2D eigenvalue weighted by atomic mass is 9.69. The molecular formula is C25H26N2O4. The number of para-hydroxylation sites is 2. The van der Waals surface area contributed by atoms with Crippen LogP contribution in [0.3, 0.4) is 0 Å². The van der Waals surface area contributed by atoms with Crippen LogP contribution >= 0.6 is 0 Å².